The van der Waals surface area contributed by atoms with Gasteiger partial charge in [-0.25, -0.2) is 8.78 Å². The quantitative estimate of drug-likeness (QED) is 0.612. The third-order valence-corrected chi connectivity index (χ3v) is 3.69. The second kappa shape index (κ2) is 5.10. The van der Waals surface area contributed by atoms with E-state index in [-0.39, 0.29) is 6.04 Å². The standard InChI is InChI=1S/C13H18F2N2/c1-8(9-5-6-9)12(17-16)7-10-3-2-4-11(14)13(10)15/h2-4,8-9,12,17H,5-7,16H2,1H3. The molecule has 0 aliphatic heterocycles. The van der Waals surface area contributed by atoms with Gasteiger partial charge in [-0.15, -0.1) is 0 Å². The van der Waals surface area contributed by atoms with Crippen LogP contribution in [0.15, 0.2) is 18.2 Å². The first kappa shape index (κ1) is 12.5. The number of hydrogen-bond donors (Lipinski definition) is 2. The molecule has 2 rings (SSSR count). The van der Waals surface area contributed by atoms with E-state index >= 15 is 0 Å². The highest BCUT2D eigenvalue weighted by molar-refractivity contribution is 5.20. The van der Waals surface area contributed by atoms with Crippen LogP contribution >= 0.6 is 0 Å². The summed E-state index contributed by atoms with van der Waals surface area (Å²) in [4.78, 5) is 0. The Hall–Kier alpha value is -1.00. The van der Waals surface area contributed by atoms with Gasteiger partial charge in [-0.3, -0.25) is 11.3 Å². The maximum atomic E-state index is 13.5. The van der Waals surface area contributed by atoms with Crippen LogP contribution in [-0.4, -0.2) is 6.04 Å². The fourth-order valence-corrected chi connectivity index (χ4v) is 2.29. The first-order valence-electron chi connectivity index (χ1n) is 6.02. The number of halogens is 2. The van der Waals surface area contributed by atoms with E-state index in [1.54, 1.807) is 6.07 Å². The Bertz CT molecular complexity index is 391. The number of nitrogens with two attached hydrogens (primary N) is 1. The molecule has 0 spiro atoms. The van der Waals surface area contributed by atoms with Gasteiger partial charge in [-0.2, -0.15) is 0 Å². The van der Waals surface area contributed by atoms with Crippen LogP contribution in [0.1, 0.15) is 25.3 Å². The molecule has 0 amide bonds. The molecule has 0 radical (unpaired) electrons. The van der Waals surface area contributed by atoms with E-state index in [2.05, 4.69) is 12.3 Å². The number of rotatable bonds is 5. The second-order valence-electron chi connectivity index (χ2n) is 4.89. The monoisotopic (exact) mass is 240 g/mol. The summed E-state index contributed by atoms with van der Waals surface area (Å²) in [5.41, 5.74) is 3.12. The summed E-state index contributed by atoms with van der Waals surface area (Å²) in [6.07, 6.45) is 2.85. The fraction of sp³-hybridized carbons (Fsp3) is 0.538. The molecule has 0 bridgehead atoms. The number of hydrogen-bond acceptors (Lipinski definition) is 2. The van der Waals surface area contributed by atoms with E-state index in [4.69, 9.17) is 5.84 Å². The summed E-state index contributed by atoms with van der Waals surface area (Å²) in [6.45, 7) is 2.11. The van der Waals surface area contributed by atoms with Gasteiger partial charge in [0.05, 0.1) is 0 Å². The van der Waals surface area contributed by atoms with Gasteiger partial charge in [0.2, 0.25) is 0 Å². The highest BCUT2D eigenvalue weighted by Gasteiger charge is 2.33. The van der Waals surface area contributed by atoms with Crippen LogP contribution < -0.4 is 11.3 Å². The Kier molecular flexibility index (Phi) is 3.74. The van der Waals surface area contributed by atoms with Gasteiger partial charge in [0.1, 0.15) is 0 Å². The van der Waals surface area contributed by atoms with E-state index in [0.717, 1.165) is 6.07 Å². The van der Waals surface area contributed by atoms with Crippen molar-refractivity contribution >= 4 is 0 Å². The van der Waals surface area contributed by atoms with Crippen LogP contribution in [0, 0.1) is 23.5 Å². The summed E-state index contributed by atoms with van der Waals surface area (Å²) < 4.78 is 26.6. The van der Waals surface area contributed by atoms with Crippen LogP contribution in [0.25, 0.3) is 0 Å². The molecule has 1 fully saturated rings. The van der Waals surface area contributed by atoms with E-state index < -0.39 is 11.6 Å². The van der Waals surface area contributed by atoms with Crippen molar-refractivity contribution < 1.29 is 8.78 Å². The molecule has 1 aromatic carbocycles. The molecule has 4 heteroatoms. The van der Waals surface area contributed by atoms with Crippen molar-refractivity contribution in [1.29, 1.82) is 0 Å². The van der Waals surface area contributed by atoms with Crippen molar-refractivity contribution in [3.63, 3.8) is 0 Å². The number of nitrogens with one attached hydrogen (secondary N) is 1. The van der Waals surface area contributed by atoms with Gasteiger partial charge in [0, 0.05) is 6.04 Å². The Morgan fingerprint density at radius 3 is 2.71 bits per heavy atom. The molecule has 1 aliphatic carbocycles. The highest BCUT2D eigenvalue weighted by atomic mass is 19.2. The molecular weight excluding hydrogens is 222 g/mol. The summed E-state index contributed by atoms with van der Waals surface area (Å²) in [6, 6.07) is 4.28. The third-order valence-electron chi connectivity index (χ3n) is 3.69. The number of benzene rings is 1. The lowest BCUT2D eigenvalue weighted by atomic mass is 9.91. The third kappa shape index (κ3) is 2.82. The van der Waals surface area contributed by atoms with Gasteiger partial charge in [-0.1, -0.05) is 19.1 Å². The maximum Gasteiger partial charge on any atom is 0.162 e. The molecule has 0 aromatic heterocycles. The molecule has 2 nitrogen and oxygen atoms in total. The zero-order valence-corrected chi connectivity index (χ0v) is 9.92. The van der Waals surface area contributed by atoms with Gasteiger partial charge in [0.15, 0.2) is 11.6 Å². The molecule has 0 heterocycles. The van der Waals surface area contributed by atoms with Crippen LogP contribution in [0.2, 0.25) is 0 Å². The summed E-state index contributed by atoms with van der Waals surface area (Å²) >= 11 is 0. The van der Waals surface area contributed by atoms with Crippen molar-refractivity contribution in [3.05, 3.63) is 35.4 Å². The summed E-state index contributed by atoms with van der Waals surface area (Å²) in [7, 11) is 0. The smallest absolute Gasteiger partial charge is 0.162 e. The minimum Gasteiger partial charge on any atom is -0.271 e. The predicted molar refractivity (Wildman–Crippen MR) is 63.1 cm³/mol. The van der Waals surface area contributed by atoms with Crippen LogP contribution in [-0.2, 0) is 6.42 Å². The van der Waals surface area contributed by atoms with Crippen molar-refractivity contribution in [1.82, 2.24) is 5.43 Å². The van der Waals surface area contributed by atoms with E-state index in [0.29, 0.717) is 23.8 Å². The Morgan fingerprint density at radius 1 is 1.41 bits per heavy atom. The van der Waals surface area contributed by atoms with Crippen LogP contribution in [0.3, 0.4) is 0 Å². The molecule has 1 aromatic rings. The highest BCUT2D eigenvalue weighted by Crippen LogP contribution is 2.38. The lowest BCUT2D eigenvalue weighted by molar-refractivity contribution is 0.339. The van der Waals surface area contributed by atoms with Gasteiger partial charge in [0.25, 0.3) is 0 Å². The first-order chi connectivity index (χ1) is 8.13. The molecule has 2 atom stereocenters. The van der Waals surface area contributed by atoms with E-state index in [9.17, 15) is 8.78 Å². The van der Waals surface area contributed by atoms with E-state index in [1.807, 2.05) is 0 Å². The van der Waals surface area contributed by atoms with Crippen molar-refractivity contribution in [2.24, 2.45) is 17.7 Å². The van der Waals surface area contributed by atoms with Crippen molar-refractivity contribution in [3.8, 4) is 0 Å². The first-order valence-corrected chi connectivity index (χ1v) is 6.02. The van der Waals surface area contributed by atoms with Gasteiger partial charge >= 0.3 is 0 Å². The minimum atomic E-state index is -0.794. The van der Waals surface area contributed by atoms with Crippen LogP contribution in [0.4, 0.5) is 8.78 Å². The Balaban J connectivity index is 2.09. The molecule has 17 heavy (non-hydrogen) atoms. The predicted octanol–water partition coefficient (Wildman–Crippen LogP) is 2.39. The zero-order chi connectivity index (χ0) is 12.4. The summed E-state index contributed by atoms with van der Waals surface area (Å²) in [5.74, 6) is 5.03. The van der Waals surface area contributed by atoms with Gasteiger partial charge in [-0.05, 0) is 42.7 Å². The van der Waals surface area contributed by atoms with E-state index in [1.165, 1.54) is 18.9 Å². The fourth-order valence-electron chi connectivity index (χ4n) is 2.29. The average molecular weight is 240 g/mol. The lowest BCUT2D eigenvalue weighted by Crippen LogP contribution is -2.42. The average Bonchev–Trinajstić information content (AvgIpc) is 3.14. The molecule has 3 N–H and O–H groups in total. The Morgan fingerprint density at radius 2 is 2.12 bits per heavy atom. The molecular formula is C13H18F2N2. The SMILES string of the molecule is CC(C1CC1)C(Cc1cccc(F)c1F)NN. The number of hydrazine groups is 1. The normalized spacial score (nSPS) is 19.1. The van der Waals surface area contributed by atoms with Crippen LogP contribution in [0.5, 0.6) is 0 Å². The minimum absolute atomic E-state index is 0.00111. The molecule has 0 saturated heterocycles. The molecule has 1 saturated carbocycles. The lowest BCUT2D eigenvalue weighted by Gasteiger charge is -2.23. The largest absolute Gasteiger partial charge is 0.271 e. The molecule has 1 aliphatic rings. The van der Waals surface area contributed by atoms with Crippen molar-refractivity contribution in [2.75, 3.05) is 0 Å². The molecule has 2 unspecified atom stereocenters. The van der Waals surface area contributed by atoms with Crippen molar-refractivity contribution in [2.45, 2.75) is 32.2 Å². The topological polar surface area (TPSA) is 38.0 Å². The maximum absolute atomic E-state index is 13.5. The Labute approximate surface area is 100 Å². The second-order valence-corrected chi connectivity index (χ2v) is 4.89. The van der Waals surface area contributed by atoms with Gasteiger partial charge < -0.3 is 0 Å². The summed E-state index contributed by atoms with van der Waals surface area (Å²) in [5, 5.41) is 0. The molecule has 94 valence electrons. The zero-order valence-electron chi connectivity index (χ0n) is 9.92.